The molecule has 8 nitrogen and oxygen atoms in total. The van der Waals surface area contributed by atoms with Crippen molar-refractivity contribution in [2.24, 2.45) is 16.8 Å². The van der Waals surface area contributed by atoms with Gasteiger partial charge in [0.25, 0.3) is 5.91 Å². The molecule has 1 fully saturated rings. The van der Waals surface area contributed by atoms with Gasteiger partial charge in [0.2, 0.25) is 0 Å². The van der Waals surface area contributed by atoms with Gasteiger partial charge in [0.05, 0.1) is 17.2 Å². The van der Waals surface area contributed by atoms with Crippen molar-refractivity contribution < 1.29 is 24.6 Å². The molecule has 2 N–H and O–H groups in total. The summed E-state index contributed by atoms with van der Waals surface area (Å²) in [7, 11) is 0. The lowest BCUT2D eigenvalue weighted by molar-refractivity contribution is -0.145. The number of hydrogen-bond donors (Lipinski definition) is 2. The Morgan fingerprint density at radius 2 is 1.58 bits per heavy atom. The van der Waals surface area contributed by atoms with Crippen LogP contribution in [0.3, 0.4) is 0 Å². The van der Waals surface area contributed by atoms with Crippen molar-refractivity contribution in [1.29, 1.82) is 0 Å². The van der Waals surface area contributed by atoms with Gasteiger partial charge in [0.1, 0.15) is 0 Å². The Labute approximate surface area is 222 Å². The molecule has 1 amide bonds. The Morgan fingerprint density at radius 3 is 2.26 bits per heavy atom. The number of carbonyl (C=O) groups excluding carboxylic acids is 1. The Balaban J connectivity index is 0.000000219. The maximum Gasteiger partial charge on any atom is 0.310 e. The lowest BCUT2D eigenvalue weighted by Crippen LogP contribution is -2.46. The van der Waals surface area contributed by atoms with E-state index in [1.807, 2.05) is 24.3 Å². The van der Waals surface area contributed by atoms with E-state index < -0.39 is 23.8 Å². The summed E-state index contributed by atoms with van der Waals surface area (Å²) in [6.07, 6.45) is 3.11. The monoisotopic (exact) mass is 517 g/mol. The highest BCUT2D eigenvalue weighted by molar-refractivity contribution is 6.15. The highest BCUT2D eigenvalue weighted by atomic mass is 16.4. The highest BCUT2D eigenvalue weighted by Crippen LogP contribution is 2.28. The number of piperazine rings is 1. The van der Waals surface area contributed by atoms with Crippen molar-refractivity contribution in [3.63, 3.8) is 0 Å². The van der Waals surface area contributed by atoms with Gasteiger partial charge in [-0.2, -0.15) is 0 Å². The van der Waals surface area contributed by atoms with Crippen LogP contribution < -0.4 is 10.6 Å². The molecule has 38 heavy (non-hydrogen) atoms. The zero-order valence-corrected chi connectivity index (χ0v) is 21.8. The van der Waals surface area contributed by atoms with Crippen LogP contribution in [0.1, 0.15) is 31.7 Å². The Bertz CT molecular complexity index is 1310. The maximum atomic E-state index is 12.1. The van der Waals surface area contributed by atoms with E-state index in [9.17, 15) is 14.4 Å². The first kappa shape index (κ1) is 27.4. The molecule has 0 spiro atoms. The van der Waals surface area contributed by atoms with Crippen molar-refractivity contribution in [1.82, 2.24) is 9.80 Å². The molecule has 0 saturated carbocycles. The number of hydrogen-bond acceptors (Lipinski definition) is 5. The summed E-state index contributed by atoms with van der Waals surface area (Å²) in [6, 6.07) is 18.5. The van der Waals surface area contributed by atoms with Gasteiger partial charge in [-0.25, -0.2) is 4.99 Å². The predicted molar refractivity (Wildman–Crippen MR) is 144 cm³/mol. The van der Waals surface area contributed by atoms with Gasteiger partial charge in [-0.3, -0.25) is 19.3 Å². The van der Waals surface area contributed by atoms with Crippen LogP contribution in [0, 0.1) is 11.8 Å². The molecule has 8 heteroatoms. The Kier molecular flexibility index (Phi) is 9.20. The van der Waals surface area contributed by atoms with Gasteiger partial charge < -0.3 is 15.1 Å². The predicted octanol–water partition coefficient (Wildman–Crippen LogP) is 2.33. The van der Waals surface area contributed by atoms with Crippen molar-refractivity contribution >= 4 is 23.4 Å². The number of carbonyl (C=O) groups is 3. The molecule has 5 rings (SSSR count). The van der Waals surface area contributed by atoms with Crippen LogP contribution in [0.5, 0.6) is 0 Å². The molecular weight excluding hydrogens is 482 g/mol. The quantitative estimate of drug-likeness (QED) is 0.543. The molecule has 2 heterocycles. The zero-order chi connectivity index (χ0) is 27.1. The molecule has 2 unspecified atom stereocenters. The van der Waals surface area contributed by atoms with Crippen LogP contribution in [0.2, 0.25) is 0 Å². The van der Waals surface area contributed by atoms with Gasteiger partial charge in [0.15, 0.2) is 0 Å². The van der Waals surface area contributed by atoms with Gasteiger partial charge in [-0.15, -0.1) is 0 Å². The van der Waals surface area contributed by atoms with E-state index >= 15 is 0 Å². The zero-order valence-electron chi connectivity index (χ0n) is 21.8. The van der Waals surface area contributed by atoms with E-state index in [0.717, 1.165) is 67.4 Å². The minimum atomic E-state index is -0.940. The van der Waals surface area contributed by atoms with E-state index in [1.54, 1.807) is 13.0 Å². The van der Waals surface area contributed by atoms with Crippen LogP contribution >= 0.6 is 0 Å². The van der Waals surface area contributed by atoms with Gasteiger partial charge in [-0.1, -0.05) is 60.2 Å². The average Bonchev–Trinajstić information content (AvgIpc) is 3.23. The van der Waals surface area contributed by atoms with Crippen molar-refractivity contribution in [3.8, 4) is 0 Å². The number of carboxylic acid groups (broad SMARTS) is 2. The third-order valence-corrected chi connectivity index (χ3v) is 7.36. The second-order valence-corrected chi connectivity index (χ2v) is 10.2. The molecule has 3 aliphatic rings. The number of rotatable bonds is 7. The SMILES string of the molecule is CC1=CC(C(=O)O)CC(C(=O)O)C1.O=C1N=c2ccccc2=C1CCN1CCN(Cc2ccccc2)CC1. The van der Waals surface area contributed by atoms with Crippen molar-refractivity contribution in [3.05, 3.63) is 82.4 Å². The normalized spacial score (nSPS) is 21.6. The second-order valence-electron chi connectivity index (χ2n) is 10.2. The molecule has 0 aromatic heterocycles. The van der Waals surface area contributed by atoms with Crippen LogP contribution in [-0.4, -0.2) is 70.6 Å². The fourth-order valence-corrected chi connectivity index (χ4v) is 5.26. The number of aliphatic carboxylic acids is 2. The van der Waals surface area contributed by atoms with Crippen LogP contribution in [0.25, 0.3) is 5.57 Å². The largest absolute Gasteiger partial charge is 0.481 e. The third-order valence-electron chi connectivity index (χ3n) is 7.36. The number of para-hydroxylation sites is 1. The summed E-state index contributed by atoms with van der Waals surface area (Å²) >= 11 is 0. The van der Waals surface area contributed by atoms with Gasteiger partial charge in [-0.05, 0) is 37.8 Å². The molecule has 2 aromatic carbocycles. The molecule has 0 bridgehead atoms. The molecular formula is C30H35N3O5. The maximum absolute atomic E-state index is 12.1. The summed E-state index contributed by atoms with van der Waals surface area (Å²) in [4.78, 5) is 42.5. The number of amides is 1. The lowest BCUT2D eigenvalue weighted by Gasteiger charge is -2.34. The number of fused-ring (bicyclic) bond motifs is 1. The topological polar surface area (TPSA) is 111 Å². The summed E-state index contributed by atoms with van der Waals surface area (Å²) in [5.74, 6) is -3.06. The Hall–Kier alpha value is -3.62. The average molecular weight is 518 g/mol. The van der Waals surface area contributed by atoms with E-state index in [4.69, 9.17) is 10.2 Å². The number of carboxylic acids is 2. The first-order valence-corrected chi connectivity index (χ1v) is 13.1. The highest BCUT2D eigenvalue weighted by Gasteiger charge is 2.29. The molecule has 1 saturated heterocycles. The molecule has 2 atom stereocenters. The lowest BCUT2D eigenvalue weighted by atomic mass is 9.83. The van der Waals surface area contributed by atoms with E-state index in [2.05, 4.69) is 45.1 Å². The second kappa shape index (κ2) is 12.8. The third kappa shape index (κ3) is 7.24. The van der Waals surface area contributed by atoms with E-state index in [0.29, 0.717) is 6.42 Å². The summed E-state index contributed by atoms with van der Waals surface area (Å²) in [5.41, 5.74) is 3.11. The molecule has 2 aliphatic heterocycles. The van der Waals surface area contributed by atoms with Crippen LogP contribution in [0.4, 0.5) is 0 Å². The number of nitrogens with zero attached hydrogens (tertiary/aromatic N) is 3. The fourth-order valence-electron chi connectivity index (χ4n) is 5.26. The minimum absolute atomic E-state index is 0.0519. The summed E-state index contributed by atoms with van der Waals surface area (Å²) in [5, 5.41) is 19.3. The number of benzene rings is 2. The first-order chi connectivity index (χ1) is 18.3. The van der Waals surface area contributed by atoms with Crippen molar-refractivity contribution in [2.75, 3.05) is 32.7 Å². The smallest absolute Gasteiger partial charge is 0.310 e. The van der Waals surface area contributed by atoms with Crippen molar-refractivity contribution in [2.45, 2.75) is 32.7 Å². The minimum Gasteiger partial charge on any atom is -0.481 e. The molecule has 1 aliphatic carbocycles. The standard InChI is InChI=1S/C21H23N3O.C9H12O4/c25-21-19(18-8-4-5-9-20(18)22-21)10-11-23-12-14-24(15-13-23)16-17-6-2-1-3-7-17;1-5-2-6(8(10)11)4-7(3-5)9(12)13/h1-9H,10-16H2;2,6-7H,3-4H2,1H3,(H,10,11)(H,12,13). The molecule has 2 aromatic rings. The van der Waals surface area contributed by atoms with Gasteiger partial charge in [0, 0.05) is 50.1 Å². The summed E-state index contributed by atoms with van der Waals surface area (Å²) < 4.78 is 0. The molecule has 200 valence electrons. The fraction of sp³-hybridized carbons (Fsp3) is 0.400. The van der Waals surface area contributed by atoms with E-state index in [-0.39, 0.29) is 12.3 Å². The molecule has 0 radical (unpaired) electrons. The van der Waals surface area contributed by atoms with Crippen LogP contribution in [-0.2, 0) is 20.9 Å². The van der Waals surface area contributed by atoms with Crippen LogP contribution in [0.15, 0.2) is 71.2 Å². The number of allylic oxidation sites excluding steroid dienone is 1. The van der Waals surface area contributed by atoms with Gasteiger partial charge >= 0.3 is 11.9 Å². The first-order valence-electron chi connectivity index (χ1n) is 13.1. The Morgan fingerprint density at radius 1 is 0.921 bits per heavy atom. The van der Waals surface area contributed by atoms with E-state index in [1.165, 1.54) is 5.56 Å². The summed E-state index contributed by atoms with van der Waals surface area (Å²) in [6.45, 7) is 8.02.